The van der Waals surface area contributed by atoms with Crippen LogP contribution < -0.4 is 4.74 Å². The van der Waals surface area contributed by atoms with E-state index in [0.29, 0.717) is 5.92 Å². The van der Waals surface area contributed by atoms with Gasteiger partial charge in [0.15, 0.2) is 0 Å². The molecule has 0 aromatic carbocycles. The van der Waals surface area contributed by atoms with Crippen molar-refractivity contribution in [1.29, 1.82) is 0 Å². The normalized spacial score (nSPS) is 12.9. The van der Waals surface area contributed by atoms with Crippen LogP contribution in [0.3, 0.4) is 0 Å². The second-order valence-electron chi connectivity index (χ2n) is 2.80. The van der Waals surface area contributed by atoms with E-state index in [9.17, 15) is 0 Å². The zero-order chi connectivity index (χ0) is 8.97. The summed E-state index contributed by atoms with van der Waals surface area (Å²) in [5.41, 5.74) is 0. The third-order valence-electron chi connectivity index (χ3n) is 1.56. The monoisotopic (exact) mass is 249 g/mol. The predicted molar refractivity (Wildman–Crippen MR) is 55.3 cm³/mol. The van der Waals surface area contributed by atoms with E-state index in [-0.39, 0.29) is 0 Å². The van der Waals surface area contributed by atoms with Crippen molar-refractivity contribution in [1.82, 2.24) is 4.37 Å². The summed E-state index contributed by atoms with van der Waals surface area (Å²) >= 11 is 4.97. The van der Waals surface area contributed by atoms with Gasteiger partial charge in [0.25, 0.3) is 0 Å². The van der Waals surface area contributed by atoms with E-state index in [2.05, 4.69) is 27.2 Å². The molecule has 1 heterocycles. The van der Waals surface area contributed by atoms with Gasteiger partial charge in [-0.25, -0.2) is 0 Å². The number of methoxy groups -OCH3 is 1. The molecule has 4 heteroatoms. The summed E-state index contributed by atoms with van der Waals surface area (Å²) in [6.45, 7) is 2.21. The number of aromatic nitrogens is 1. The molecule has 1 rings (SSSR count). The standard InChI is InChI=1S/C8H12BrNOS/c1-6(5-9)3-7-4-8(11-2)10-12-7/h4,6H,3,5H2,1-2H3. The highest BCUT2D eigenvalue weighted by molar-refractivity contribution is 9.09. The van der Waals surface area contributed by atoms with Gasteiger partial charge in [0.05, 0.1) is 7.11 Å². The zero-order valence-corrected chi connectivity index (χ0v) is 9.61. The van der Waals surface area contributed by atoms with E-state index in [1.165, 1.54) is 16.4 Å². The Morgan fingerprint density at radius 1 is 1.75 bits per heavy atom. The van der Waals surface area contributed by atoms with E-state index in [1.807, 2.05) is 6.07 Å². The van der Waals surface area contributed by atoms with Crippen LogP contribution in [0.25, 0.3) is 0 Å². The first-order chi connectivity index (χ1) is 5.76. The minimum absolute atomic E-state index is 0.662. The van der Waals surface area contributed by atoms with Crippen molar-refractivity contribution in [2.75, 3.05) is 12.4 Å². The summed E-state index contributed by atoms with van der Waals surface area (Å²) in [5, 5.41) is 1.03. The summed E-state index contributed by atoms with van der Waals surface area (Å²) in [6.07, 6.45) is 1.08. The lowest BCUT2D eigenvalue weighted by atomic mass is 10.1. The molecule has 0 aliphatic carbocycles. The molecule has 68 valence electrons. The quantitative estimate of drug-likeness (QED) is 0.766. The maximum Gasteiger partial charge on any atom is 0.225 e. The Balaban J connectivity index is 2.52. The van der Waals surface area contributed by atoms with Crippen molar-refractivity contribution in [2.24, 2.45) is 5.92 Å². The number of alkyl halides is 1. The molecule has 0 amide bonds. The fourth-order valence-electron chi connectivity index (χ4n) is 0.884. The van der Waals surface area contributed by atoms with Gasteiger partial charge in [-0.05, 0) is 23.9 Å². The third-order valence-corrected chi connectivity index (χ3v) is 3.46. The lowest BCUT2D eigenvalue weighted by molar-refractivity contribution is 0.402. The molecule has 2 nitrogen and oxygen atoms in total. The summed E-state index contributed by atoms with van der Waals surface area (Å²) in [7, 11) is 1.65. The minimum Gasteiger partial charge on any atom is -0.480 e. The Morgan fingerprint density at radius 2 is 2.50 bits per heavy atom. The molecule has 0 bridgehead atoms. The second-order valence-corrected chi connectivity index (χ2v) is 4.34. The molecule has 1 aromatic heterocycles. The molecular formula is C8H12BrNOS. The minimum atomic E-state index is 0.662. The average molecular weight is 250 g/mol. The van der Waals surface area contributed by atoms with Crippen LogP contribution in [0.1, 0.15) is 11.8 Å². The molecule has 0 spiro atoms. The highest BCUT2D eigenvalue weighted by Crippen LogP contribution is 2.19. The third kappa shape index (κ3) is 2.75. The maximum atomic E-state index is 5.00. The SMILES string of the molecule is COc1cc(CC(C)CBr)sn1. The van der Waals surface area contributed by atoms with Gasteiger partial charge in [0.1, 0.15) is 0 Å². The van der Waals surface area contributed by atoms with Gasteiger partial charge in [0.2, 0.25) is 5.88 Å². The topological polar surface area (TPSA) is 22.1 Å². The summed E-state index contributed by atoms with van der Waals surface area (Å²) in [5.74, 6) is 1.40. The van der Waals surface area contributed by atoms with E-state index in [4.69, 9.17) is 4.74 Å². The van der Waals surface area contributed by atoms with Crippen molar-refractivity contribution in [3.8, 4) is 5.88 Å². The van der Waals surface area contributed by atoms with Crippen LogP contribution in [-0.4, -0.2) is 16.8 Å². The lowest BCUT2D eigenvalue weighted by Gasteiger charge is -2.02. The largest absolute Gasteiger partial charge is 0.480 e. The molecule has 1 atom stereocenters. The number of ether oxygens (including phenoxy) is 1. The van der Waals surface area contributed by atoms with Crippen LogP contribution in [0, 0.1) is 5.92 Å². The van der Waals surface area contributed by atoms with Gasteiger partial charge in [-0.1, -0.05) is 22.9 Å². The fraction of sp³-hybridized carbons (Fsp3) is 0.625. The van der Waals surface area contributed by atoms with Gasteiger partial charge in [0, 0.05) is 16.3 Å². The molecule has 1 aromatic rings. The van der Waals surface area contributed by atoms with Crippen LogP contribution in [-0.2, 0) is 6.42 Å². The van der Waals surface area contributed by atoms with Crippen molar-refractivity contribution in [2.45, 2.75) is 13.3 Å². The van der Waals surface area contributed by atoms with Crippen molar-refractivity contribution < 1.29 is 4.74 Å². The van der Waals surface area contributed by atoms with Gasteiger partial charge in [-0.15, -0.1) is 0 Å². The molecule has 0 saturated heterocycles. The summed E-state index contributed by atoms with van der Waals surface area (Å²) in [6, 6.07) is 2.00. The van der Waals surface area contributed by atoms with Gasteiger partial charge < -0.3 is 4.74 Å². The number of halogens is 1. The van der Waals surface area contributed by atoms with Crippen molar-refractivity contribution in [3.63, 3.8) is 0 Å². The number of hydrogen-bond donors (Lipinski definition) is 0. The number of rotatable bonds is 4. The first-order valence-corrected chi connectivity index (χ1v) is 5.71. The molecular weight excluding hydrogens is 238 g/mol. The van der Waals surface area contributed by atoms with Gasteiger partial charge in [-0.3, -0.25) is 0 Å². The highest BCUT2D eigenvalue weighted by atomic mass is 79.9. The Morgan fingerprint density at radius 3 is 3.00 bits per heavy atom. The van der Waals surface area contributed by atoms with Crippen LogP contribution in [0.4, 0.5) is 0 Å². The predicted octanol–water partition coefficient (Wildman–Crippen LogP) is 2.73. The Bertz CT molecular complexity index is 239. The molecule has 0 radical (unpaired) electrons. The van der Waals surface area contributed by atoms with E-state index < -0.39 is 0 Å². The average Bonchev–Trinajstić information content (AvgIpc) is 2.52. The number of hydrogen-bond acceptors (Lipinski definition) is 3. The first-order valence-electron chi connectivity index (χ1n) is 3.81. The van der Waals surface area contributed by atoms with Crippen LogP contribution in [0.2, 0.25) is 0 Å². The van der Waals surface area contributed by atoms with E-state index in [0.717, 1.165) is 17.6 Å². The summed E-state index contributed by atoms with van der Waals surface area (Å²) < 4.78 is 9.12. The molecule has 0 aliphatic rings. The molecule has 0 fully saturated rings. The molecule has 0 aliphatic heterocycles. The molecule has 1 unspecified atom stereocenters. The number of nitrogens with zero attached hydrogens (tertiary/aromatic N) is 1. The van der Waals surface area contributed by atoms with Crippen molar-refractivity contribution >= 4 is 27.5 Å². The van der Waals surface area contributed by atoms with Crippen molar-refractivity contribution in [3.05, 3.63) is 10.9 Å². The van der Waals surface area contributed by atoms with E-state index >= 15 is 0 Å². The fourth-order valence-corrected chi connectivity index (χ4v) is 1.96. The highest BCUT2D eigenvalue weighted by Gasteiger charge is 2.05. The zero-order valence-electron chi connectivity index (χ0n) is 7.21. The Hall–Kier alpha value is -0.0900. The first kappa shape index (κ1) is 9.99. The second kappa shape index (κ2) is 4.82. The Kier molecular flexibility index (Phi) is 4.01. The van der Waals surface area contributed by atoms with Gasteiger partial charge in [-0.2, -0.15) is 4.37 Å². The maximum absolute atomic E-state index is 5.00. The van der Waals surface area contributed by atoms with Crippen LogP contribution >= 0.6 is 27.5 Å². The summed E-state index contributed by atoms with van der Waals surface area (Å²) in [4.78, 5) is 1.29. The molecule has 0 saturated carbocycles. The molecule has 0 N–H and O–H groups in total. The smallest absolute Gasteiger partial charge is 0.225 e. The van der Waals surface area contributed by atoms with Crippen LogP contribution in [0.15, 0.2) is 6.07 Å². The Labute approximate surface area is 85.2 Å². The van der Waals surface area contributed by atoms with Crippen LogP contribution in [0.5, 0.6) is 5.88 Å². The lowest BCUT2D eigenvalue weighted by Crippen LogP contribution is -1.98. The van der Waals surface area contributed by atoms with Gasteiger partial charge >= 0.3 is 0 Å². The van der Waals surface area contributed by atoms with E-state index in [1.54, 1.807) is 7.11 Å². The molecule has 12 heavy (non-hydrogen) atoms.